The van der Waals surface area contributed by atoms with E-state index >= 15 is 0 Å². The Hall–Kier alpha value is -3.41. The van der Waals surface area contributed by atoms with Crippen LogP contribution < -0.4 is 16.0 Å². The van der Waals surface area contributed by atoms with Gasteiger partial charge in [-0.25, -0.2) is 13.8 Å². The van der Waals surface area contributed by atoms with Crippen LogP contribution in [0.25, 0.3) is 10.9 Å². The maximum atomic E-state index is 14.5. The fourth-order valence-electron chi connectivity index (χ4n) is 2.57. The van der Waals surface area contributed by atoms with Crippen LogP contribution >= 0.6 is 0 Å². The van der Waals surface area contributed by atoms with Gasteiger partial charge in [-0.1, -0.05) is 0 Å². The monoisotopic (exact) mass is 343 g/mol. The van der Waals surface area contributed by atoms with E-state index in [2.05, 4.69) is 15.4 Å². The van der Waals surface area contributed by atoms with Gasteiger partial charge < -0.3 is 16.0 Å². The zero-order chi connectivity index (χ0) is 18.3. The first-order chi connectivity index (χ1) is 11.8. The molecule has 2 aromatic heterocycles. The Kier molecular flexibility index (Phi) is 3.88. The molecule has 7 nitrogen and oxygen atoms in total. The average molecular weight is 343 g/mol. The van der Waals surface area contributed by atoms with E-state index in [9.17, 15) is 8.78 Å². The molecule has 25 heavy (non-hydrogen) atoms. The number of nitrogen functional groups attached to an aromatic ring is 1. The van der Waals surface area contributed by atoms with Gasteiger partial charge in [-0.15, -0.1) is 0 Å². The van der Waals surface area contributed by atoms with Crippen LogP contribution in [0, 0.1) is 23.0 Å². The summed E-state index contributed by atoms with van der Waals surface area (Å²) in [5.74, 6) is -0.983. The van der Waals surface area contributed by atoms with Crippen LogP contribution in [0.3, 0.4) is 0 Å². The van der Waals surface area contributed by atoms with Gasteiger partial charge in [-0.05, 0) is 18.2 Å². The minimum Gasteiger partial charge on any atom is -0.381 e. The molecule has 3 rings (SSSR count). The van der Waals surface area contributed by atoms with Gasteiger partial charge in [0.2, 0.25) is 0 Å². The van der Waals surface area contributed by atoms with E-state index in [1.54, 1.807) is 32.1 Å². The van der Waals surface area contributed by atoms with Crippen molar-refractivity contribution in [3.05, 3.63) is 35.4 Å². The number of halogens is 2. The second kappa shape index (κ2) is 5.90. The Morgan fingerprint density at radius 2 is 1.96 bits per heavy atom. The molecular formula is C16H15F2N7. The Bertz CT molecular complexity index is 1020. The standard InChI is InChI=1S/C16H15F2N7/c1-24(2)16-10-5-9(6-11(17)13(10)25(3)23-16)21-15-8(7-19)4-12(18)14(20)22-15/h4-6H,1-3H3,(H3,20,21,22). The van der Waals surface area contributed by atoms with Crippen molar-refractivity contribution in [1.82, 2.24) is 14.8 Å². The average Bonchev–Trinajstić information content (AvgIpc) is 2.88. The van der Waals surface area contributed by atoms with Crippen LogP contribution in [0.5, 0.6) is 0 Å². The van der Waals surface area contributed by atoms with E-state index in [1.807, 2.05) is 6.07 Å². The van der Waals surface area contributed by atoms with Gasteiger partial charge in [0, 0.05) is 32.2 Å². The molecule has 9 heteroatoms. The number of nitrogens with zero attached hydrogens (tertiary/aromatic N) is 5. The van der Waals surface area contributed by atoms with Gasteiger partial charge in [0.25, 0.3) is 0 Å². The third-order valence-corrected chi connectivity index (χ3v) is 3.68. The second-order valence-electron chi connectivity index (χ2n) is 5.68. The largest absolute Gasteiger partial charge is 0.381 e. The highest BCUT2D eigenvalue weighted by Gasteiger charge is 2.17. The highest BCUT2D eigenvalue weighted by Crippen LogP contribution is 2.31. The highest BCUT2D eigenvalue weighted by atomic mass is 19.1. The van der Waals surface area contributed by atoms with E-state index in [1.165, 1.54) is 10.7 Å². The van der Waals surface area contributed by atoms with Crippen LogP contribution in [0.4, 0.5) is 31.9 Å². The number of hydrogen-bond donors (Lipinski definition) is 2. The summed E-state index contributed by atoms with van der Waals surface area (Å²) in [5, 5.41) is 16.8. The summed E-state index contributed by atoms with van der Waals surface area (Å²) in [7, 11) is 5.26. The van der Waals surface area contributed by atoms with E-state index in [-0.39, 0.29) is 17.2 Å². The quantitative estimate of drug-likeness (QED) is 0.759. The normalized spacial score (nSPS) is 10.7. The van der Waals surface area contributed by atoms with Crippen molar-refractivity contribution >= 4 is 34.0 Å². The van der Waals surface area contributed by atoms with E-state index in [4.69, 9.17) is 11.0 Å². The molecule has 0 fully saturated rings. The number of pyridine rings is 1. The number of hydrogen-bond acceptors (Lipinski definition) is 6. The zero-order valence-electron chi connectivity index (χ0n) is 13.8. The lowest BCUT2D eigenvalue weighted by Crippen LogP contribution is -2.10. The zero-order valence-corrected chi connectivity index (χ0v) is 13.8. The van der Waals surface area contributed by atoms with E-state index in [0.29, 0.717) is 22.4 Å². The molecule has 3 aromatic rings. The number of nitrogens with two attached hydrogens (primary N) is 1. The lowest BCUT2D eigenvalue weighted by Gasteiger charge is -2.11. The minimum atomic E-state index is -0.786. The maximum absolute atomic E-state index is 14.5. The molecular weight excluding hydrogens is 328 g/mol. The number of nitrogens with one attached hydrogen (secondary N) is 1. The van der Waals surface area contributed by atoms with Crippen molar-refractivity contribution in [1.29, 1.82) is 5.26 Å². The second-order valence-corrected chi connectivity index (χ2v) is 5.68. The topological polar surface area (TPSA) is 95.8 Å². The molecule has 0 bridgehead atoms. The van der Waals surface area contributed by atoms with Crippen molar-refractivity contribution in [3.63, 3.8) is 0 Å². The highest BCUT2D eigenvalue weighted by molar-refractivity contribution is 5.94. The minimum absolute atomic E-state index is 0.0359. The van der Waals surface area contributed by atoms with Crippen molar-refractivity contribution in [2.45, 2.75) is 0 Å². The molecule has 0 unspecified atom stereocenters. The molecule has 128 valence electrons. The summed E-state index contributed by atoms with van der Waals surface area (Å²) in [6, 6.07) is 5.75. The molecule has 2 heterocycles. The molecule has 0 aliphatic rings. The summed E-state index contributed by atoms with van der Waals surface area (Å²) in [4.78, 5) is 5.59. The molecule has 0 aliphatic carbocycles. The predicted octanol–water partition coefficient (Wildman–Crippen LogP) is 2.51. The number of rotatable bonds is 3. The molecule has 0 spiro atoms. The third-order valence-electron chi connectivity index (χ3n) is 3.68. The first-order valence-corrected chi connectivity index (χ1v) is 7.28. The summed E-state index contributed by atoms with van der Waals surface area (Å²) >= 11 is 0. The summed E-state index contributed by atoms with van der Waals surface area (Å²) in [6.07, 6.45) is 0. The predicted molar refractivity (Wildman–Crippen MR) is 91.6 cm³/mol. The Morgan fingerprint density at radius 3 is 2.60 bits per heavy atom. The van der Waals surface area contributed by atoms with Crippen LogP contribution in [0.2, 0.25) is 0 Å². The molecule has 0 radical (unpaired) electrons. The molecule has 1 aromatic carbocycles. The van der Waals surface area contributed by atoms with Crippen LogP contribution in [0.1, 0.15) is 5.56 Å². The Labute approximate surface area is 142 Å². The lowest BCUT2D eigenvalue weighted by atomic mass is 10.2. The van der Waals surface area contributed by atoms with Crippen molar-refractivity contribution in [2.75, 3.05) is 30.0 Å². The fourth-order valence-corrected chi connectivity index (χ4v) is 2.57. The number of anilines is 4. The van der Waals surface area contributed by atoms with Gasteiger partial charge in [0.1, 0.15) is 11.6 Å². The number of nitriles is 1. The molecule has 3 N–H and O–H groups in total. The van der Waals surface area contributed by atoms with Crippen LogP contribution in [-0.4, -0.2) is 28.9 Å². The first-order valence-electron chi connectivity index (χ1n) is 7.28. The van der Waals surface area contributed by atoms with Gasteiger partial charge in [-0.3, -0.25) is 4.68 Å². The van der Waals surface area contributed by atoms with Crippen LogP contribution in [0.15, 0.2) is 18.2 Å². The van der Waals surface area contributed by atoms with Crippen molar-refractivity contribution in [2.24, 2.45) is 7.05 Å². The van der Waals surface area contributed by atoms with E-state index in [0.717, 1.165) is 6.07 Å². The van der Waals surface area contributed by atoms with Gasteiger partial charge in [0.15, 0.2) is 29.1 Å². The van der Waals surface area contributed by atoms with Crippen molar-refractivity contribution < 1.29 is 8.78 Å². The number of aryl methyl sites for hydroxylation is 1. The SMILES string of the molecule is CN(C)c1nn(C)c2c(F)cc(Nc3nc(N)c(F)cc3C#N)cc12. The fraction of sp³-hybridized carbons (Fsp3) is 0.188. The number of benzene rings is 1. The van der Waals surface area contributed by atoms with Crippen LogP contribution in [-0.2, 0) is 7.05 Å². The summed E-state index contributed by atoms with van der Waals surface area (Å²) < 4.78 is 29.4. The Morgan fingerprint density at radius 1 is 1.24 bits per heavy atom. The van der Waals surface area contributed by atoms with Gasteiger partial charge in [0.05, 0.1) is 5.56 Å². The number of aromatic nitrogens is 3. The molecule has 0 amide bonds. The molecule has 0 saturated carbocycles. The summed E-state index contributed by atoms with van der Waals surface area (Å²) in [5.41, 5.74) is 6.11. The first kappa shape index (κ1) is 16.4. The third kappa shape index (κ3) is 2.78. The molecule has 0 atom stereocenters. The van der Waals surface area contributed by atoms with Crippen molar-refractivity contribution in [3.8, 4) is 6.07 Å². The maximum Gasteiger partial charge on any atom is 0.166 e. The molecule has 0 aliphatic heterocycles. The smallest absolute Gasteiger partial charge is 0.166 e. The number of fused-ring (bicyclic) bond motifs is 1. The lowest BCUT2D eigenvalue weighted by molar-refractivity contribution is 0.625. The van der Waals surface area contributed by atoms with Gasteiger partial charge in [-0.2, -0.15) is 10.4 Å². The van der Waals surface area contributed by atoms with Gasteiger partial charge >= 0.3 is 0 Å². The summed E-state index contributed by atoms with van der Waals surface area (Å²) in [6.45, 7) is 0. The van der Waals surface area contributed by atoms with E-state index < -0.39 is 11.6 Å². The molecule has 0 saturated heterocycles. The Balaban J connectivity index is 2.14.